The average Bonchev–Trinajstić information content (AvgIpc) is 2.30. The first kappa shape index (κ1) is 9.68. The molecule has 15 heavy (non-hydrogen) atoms. The lowest BCUT2D eigenvalue weighted by Gasteiger charge is -2.03. The van der Waals surface area contributed by atoms with E-state index in [4.69, 9.17) is 10.3 Å². The van der Waals surface area contributed by atoms with Gasteiger partial charge >= 0.3 is 0 Å². The van der Waals surface area contributed by atoms with Crippen LogP contribution in [-0.2, 0) is 0 Å². The van der Waals surface area contributed by atoms with Gasteiger partial charge in [0, 0.05) is 5.56 Å². The largest absolute Gasteiger partial charge is 0.411 e. The van der Waals surface area contributed by atoms with Crippen molar-refractivity contribution in [3.8, 4) is 0 Å². The SMILES string of the molecule is OCC(=NO)c1ccc2ccccc2c1. The predicted octanol–water partition coefficient (Wildman–Crippen LogP) is 2.01. The van der Waals surface area contributed by atoms with Crippen molar-refractivity contribution in [2.45, 2.75) is 0 Å². The highest BCUT2D eigenvalue weighted by Gasteiger charge is 2.03. The molecule has 0 fully saturated rings. The van der Waals surface area contributed by atoms with Gasteiger partial charge in [-0.2, -0.15) is 0 Å². The molecule has 2 aromatic rings. The number of rotatable bonds is 2. The summed E-state index contributed by atoms with van der Waals surface area (Å²) in [6.45, 7) is -0.269. The second-order valence-electron chi connectivity index (χ2n) is 3.27. The Morgan fingerprint density at radius 1 is 1.07 bits per heavy atom. The zero-order valence-electron chi connectivity index (χ0n) is 8.09. The summed E-state index contributed by atoms with van der Waals surface area (Å²) in [5.74, 6) is 0. The van der Waals surface area contributed by atoms with Crippen molar-refractivity contribution >= 4 is 16.5 Å². The number of benzene rings is 2. The van der Waals surface area contributed by atoms with E-state index in [0.717, 1.165) is 16.3 Å². The molecule has 0 radical (unpaired) electrons. The molecule has 0 aromatic heterocycles. The summed E-state index contributed by atoms with van der Waals surface area (Å²) in [4.78, 5) is 0. The molecule has 0 amide bonds. The van der Waals surface area contributed by atoms with E-state index >= 15 is 0 Å². The normalized spacial score (nSPS) is 11.9. The quantitative estimate of drug-likeness (QED) is 0.443. The van der Waals surface area contributed by atoms with Crippen molar-refractivity contribution in [1.29, 1.82) is 0 Å². The van der Waals surface area contributed by atoms with E-state index in [1.54, 1.807) is 0 Å². The Morgan fingerprint density at radius 2 is 1.80 bits per heavy atom. The molecule has 0 spiro atoms. The Morgan fingerprint density at radius 3 is 2.47 bits per heavy atom. The van der Waals surface area contributed by atoms with Crippen molar-refractivity contribution in [2.75, 3.05) is 6.61 Å². The molecule has 2 rings (SSSR count). The summed E-state index contributed by atoms with van der Waals surface area (Å²) in [5.41, 5.74) is 1.01. The number of fused-ring (bicyclic) bond motifs is 1. The van der Waals surface area contributed by atoms with E-state index in [-0.39, 0.29) is 12.3 Å². The van der Waals surface area contributed by atoms with Crippen LogP contribution in [0.3, 0.4) is 0 Å². The van der Waals surface area contributed by atoms with Gasteiger partial charge in [-0.3, -0.25) is 0 Å². The highest BCUT2D eigenvalue weighted by Crippen LogP contribution is 2.16. The fourth-order valence-electron chi connectivity index (χ4n) is 1.55. The number of hydrogen-bond donors (Lipinski definition) is 2. The first-order valence-electron chi connectivity index (χ1n) is 4.66. The van der Waals surface area contributed by atoms with Gasteiger partial charge in [0.2, 0.25) is 0 Å². The highest BCUT2D eigenvalue weighted by molar-refractivity contribution is 6.03. The van der Waals surface area contributed by atoms with Crippen LogP contribution in [0.1, 0.15) is 5.56 Å². The van der Waals surface area contributed by atoms with Gasteiger partial charge in [-0.05, 0) is 16.8 Å². The second-order valence-corrected chi connectivity index (χ2v) is 3.27. The van der Waals surface area contributed by atoms with E-state index in [9.17, 15) is 0 Å². The topological polar surface area (TPSA) is 52.8 Å². The molecule has 76 valence electrons. The first-order valence-corrected chi connectivity index (χ1v) is 4.66. The van der Waals surface area contributed by atoms with Crippen LogP contribution in [0.5, 0.6) is 0 Å². The number of nitrogens with zero attached hydrogens (tertiary/aromatic N) is 1. The Labute approximate surface area is 87.3 Å². The van der Waals surface area contributed by atoms with Crippen LogP contribution in [0.15, 0.2) is 47.6 Å². The minimum atomic E-state index is -0.269. The fourth-order valence-corrected chi connectivity index (χ4v) is 1.55. The third-order valence-electron chi connectivity index (χ3n) is 2.35. The Kier molecular flexibility index (Phi) is 2.65. The van der Waals surface area contributed by atoms with Crippen molar-refractivity contribution in [3.05, 3.63) is 48.0 Å². The van der Waals surface area contributed by atoms with E-state index in [0.29, 0.717) is 0 Å². The summed E-state index contributed by atoms with van der Waals surface area (Å²) < 4.78 is 0. The summed E-state index contributed by atoms with van der Waals surface area (Å²) in [5, 5.41) is 22.9. The molecule has 2 N–H and O–H groups in total. The molecule has 0 aliphatic heterocycles. The molecule has 0 bridgehead atoms. The molecule has 0 aliphatic carbocycles. The molecule has 0 unspecified atom stereocenters. The van der Waals surface area contributed by atoms with Gasteiger partial charge in [0.25, 0.3) is 0 Å². The predicted molar refractivity (Wildman–Crippen MR) is 59.4 cm³/mol. The molecular weight excluding hydrogens is 190 g/mol. The number of aliphatic hydroxyl groups excluding tert-OH is 1. The highest BCUT2D eigenvalue weighted by atomic mass is 16.4. The van der Waals surface area contributed by atoms with E-state index < -0.39 is 0 Å². The van der Waals surface area contributed by atoms with Crippen LogP contribution in [0.2, 0.25) is 0 Å². The lowest BCUT2D eigenvalue weighted by Crippen LogP contribution is -2.05. The van der Waals surface area contributed by atoms with Gasteiger partial charge < -0.3 is 10.3 Å². The maximum absolute atomic E-state index is 8.96. The van der Waals surface area contributed by atoms with Gasteiger partial charge in [0.1, 0.15) is 5.71 Å². The minimum Gasteiger partial charge on any atom is -0.411 e. The van der Waals surface area contributed by atoms with Gasteiger partial charge in [-0.25, -0.2) is 0 Å². The lowest BCUT2D eigenvalue weighted by molar-refractivity contribution is 0.304. The molecule has 3 nitrogen and oxygen atoms in total. The lowest BCUT2D eigenvalue weighted by atomic mass is 10.0. The van der Waals surface area contributed by atoms with Gasteiger partial charge in [0.15, 0.2) is 0 Å². The molecule has 0 saturated heterocycles. The number of hydrogen-bond acceptors (Lipinski definition) is 3. The average molecular weight is 201 g/mol. The van der Waals surface area contributed by atoms with Crippen LogP contribution in [0.25, 0.3) is 10.8 Å². The Balaban J connectivity index is 2.56. The molecular formula is C12H11NO2. The van der Waals surface area contributed by atoms with Gasteiger partial charge in [-0.15, -0.1) is 0 Å². The molecule has 2 aromatic carbocycles. The molecule has 0 aliphatic rings. The van der Waals surface area contributed by atoms with Crippen LogP contribution in [-0.4, -0.2) is 22.6 Å². The first-order chi connectivity index (χ1) is 7.35. The zero-order valence-corrected chi connectivity index (χ0v) is 8.09. The molecule has 0 atom stereocenters. The monoisotopic (exact) mass is 201 g/mol. The molecule has 3 heteroatoms. The summed E-state index contributed by atoms with van der Waals surface area (Å²) >= 11 is 0. The van der Waals surface area contributed by atoms with Gasteiger partial charge in [-0.1, -0.05) is 41.6 Å². The summed E-state index contributed by atoms with van der Waals surface area (Å²) in [7, 11) is 0. The van der Waals surface area contributed by atoms with Crippen molar-refractivity contribution in [3.63, 3.8) is 0 Å². The third-order valence-corrected chi connectivity index (χ3v) is 2.35. The molecule has 0 heterocycles. The van der Waals surface area contributed by atoms with Crippen LogP contribution in [0.4, 0.5) is 0 Å². The standard InChI is InChI=1S/C12H11NO2/c14-8-12(13-15)11-6-5-9-3-1-2-4-10(9)7-11/h1-7,14-15H,8H2. The van der Waals surface area contributed by atoms with E-state index in [1.807, 2.05) is 42.5 Å². The summed E-state index contributed by atoms with van der Waals surface area (Å²) in [6, 6.07) is 13.6. The Bertz CT molecular complexity index is 506. The van der Waals surface area contributed by atoms with E-state index in [2.05, 4.69) is 5.16 Å². The van der Waals surface area contributed by atoms with Crippen molar-refractivity contribution in [2.24, 2.45) is 5.16 Å². The van der Waals surface area contributed by atoms with E-state index in [1.165, 1.54) is 0 Å². The van der Waals surface area contributed by atoms with Crippen molar-refractivity contribution < 1.29 is 10.3 Å². The Hall–Kier alpha value is -1.87. The maximum atomic E-state index is 8.96. The second kappa shape index (κ2) is 4.11. The van der Waals surface area contributed by atoms with Crippen LogP contribution < -0.4 is 0 Å². The van der Waals surface area contributed by atoms with Crippen LogP contribution >= 0.6 is 0 Å². The molecule has 0 saturated carbocycles. The fraction of sp³-hybridized carbons (Fsp3) is 0.0833. The summed E-state index contributed by atoms with van der Waals surface area (Å²) in [6.07, 6.45) is 0. The smallest absolute Gasteiger partial charge is 0.112 e. The maximum Gasteiger partial charge on any atom is 0.112 e. The number of oxime groups is 1. The van der Waals surface area contributed by atoms with Gasteiger partial charge in [0.05, 0.1) is 6.61 Å². The minimum absolute atomic E-state index is 0.269. The van der Waals surface area contributed by atoms with Crippen LogP contribution in [0, 0.1) is 0 Å². The number of aliphatic hydroxyl groups is 1. The van der Waals surface area contributed by atoms with Crippen molar-refractivity contribution in [1.82, 2.24) is 0 Å². The third kappa shape index (κ3) is 1.82. The zero-order chi connectivity index (χ0) is 10.7.